The van der Waals surface area contributed by atoms with Crippen molar-refractivity contribution in [1.82, 2.24) is 5.32 Å². The molecule has 104 valence electrons. The van der Waals surface area contributed by atoms with E-state index in [1.807, 2.05) is 11.8 Å². The van der Waals surface area contributed by atoms with Gasteiger partial charge < -0.3 is 5.32 Å². The number of thioether (sulfide) groups is 1. The number of amidine groups is 1. The van der Waals surface area contributed by atoms with Crippen LogP contribution >= 0.6 is 11.8 Å². The Hall–Kier alpha value is -0.180. The molecule has 1 heterocycles. The fraction of sp³-hybridized carbons (Fsp3) is 0.933. The van der Waals surface area contributed by atoms with E-state index in [1.54, 1.807) is 0 Å². The molecule has 3 atom stereocenters. The number of hydrogen-bond acceptors (Lipinski definition) is 3. The van der Waals surface area contributed by atoms with Crippen LogP contribution in [0.25, 0.3) is 0 Å². The third-order valence-corrected chi connectivity index (χ3v) is 5.21. The molecule has 0 aromatic heterocycles. The van der Waals surface area contributed by atoms with Gasteiger partial charge >= 0.3 is 0 Å². The van der Waals surface area contributed by atoms with Gasteiger partial charge in [-0.15, -0.1) is 0 Å². The Balaban J connectivity index is 1.65. The summed E-state index contributed by atoms with van der Waals surface area (Å²) >= 11 is 1.97. The summed E-state index contributed by atoms with van der Waals surface area (Å²) in [6.45, 7) is 9.16. The summed E-state index contributed by atoms with van der Waals surface area (Å²) < 4.78 is 0. The van der Waals surface area contributed by atoms with E-state index in [0.29, 0.717) is 0 Å². The molecule has 0 amide bonds. The van der Waals surface area contributed by atoms with E-state index in [9.17, 15) is 0 Å². The molecular weight excluding hydrogens is 240 g/mol. The van der Waals surface area contributed by atoms with Crippen LogP contribution in [0.2, 0.25) is 0 Å². The van der Waals surface area contributed by atoms with Gasteiger partial charge in [0.2, 0.25) is 0 Å². The Bertz CT molecular complexity index is 288. The van der Waals surface area contributed by atoms with Gasteiger partial charge in [-0.3, -0.25) is 4.99 Å². The van der Waals surface area contributed by atoms with E-state index in [-0.39, 0.29) is 0 Å². The molecule has 0 aromatic rings. The summed E-state index contributed by atoms with van der Waals surface area (Å²) in [6.07, 6.45) is 6.96. The van der Waals surface area contributed by atoms with Gasteiger partial charge in [0.05, 0.1) is 6.54 Å². The molecule has 0 spiro atoms. The number of aliphatic imine (C=N–C) groups is 1. The summed E-state index contributed by atoms with van der Waals surface area (Å²) in [5.41, 5.74) is 0. The molecule has 0 bridgehead atoms. The molecule has 0 aromatic carbocycles. The van der Waals surface area contributed by atoms with Crippen molar-refractivity contribution in [3.05, 3.63) is 0 Å². The van der Waals surface area contributed by atoms with E-state index in [0.717, 1.165) is 36.1 Å². The molecule has 0 radical (unpaired) electrons. The summed E-state index contributed by atoms with van der Waals surface area (Å²) in [7, 11) is 0. The van der Waals surface area contributed by atoms with Crippen LogP contribution in [0.4, 0.5) is 0 Å². The van der Waals surface area contributed by atoms with Gasteiger partial charge in [-0.2, -0.15) is 0 Å². The third kappa shape index (κ3) is 4.49. The van der Waals surface area contributed by atoms with E-state index in [1.165, 1.54) is 37.3 Å². The maximum atomic E-state index is 4.64. The largest absolute Gasteiger partial charge is 0.365 e. The first-order valence-electron chi connectivity index (χ1n) is 7.58. The Labute approximate surface area is 116 Å². The van der Waals surface area contributed by atoms with E-state index in [4.69, 9.17) is 0 Å². The fourth-order valence-electron chi connectivity index (χ4n) is 3.14. The van der Waals surface area contributed by atoms with Crippen LogP contribution in [0.3, 0.4) is 0 Å². The Morgan fingerprint density at radius 2 is 2.22 bits per heavy atom. The number of nitrogens with one attached hydrogen (secondary N) is 1. The lowest BCUT2D eigenvalue weighted by Gasteiger charge is -2.27. The maximum absolute atomic E-state index is 4.64. The molecule has 1 aliphatic carbocycles. The lowest BCUT2D eigenvalue weighted by molar-refractivity contribution is 0.283. The first kappa shape index (κ1) is 14.2. The lowest BCUT2D eigenvalue weighted by Crippen LogP contribution is -2.29. The number of nitrogens with zero attached hydrogens (tertiary/aromatic N) is 1. The lowest BCUT2D eigenvalue weighted by atomic mass is 9.82. The van der Waals surface area contributed by atoms with E-state index >= 15 is 0 Å². The van der Waals surface area contributed by atoms with Crippen LogP contribution in [-0.2, 0) is 0 Å². The van der Waals surface area contributed by atoms with Crippen molar-refractivity contribution in [3.8, 4) is 0 Å². The van der Waals surface area contributed by atoms with Crippen LogP contribution in [-0.4, -0.2) is 23.5 Å². The first-order chi connectivity index (χ1) is 8.63. The average Bonchev–Trinajstić information content (AvgIpc) is 2.73. The minimum absolute atomic E-state index is 0.720. The highest BCUT2D eigenvalue weighted by Crippen LogP contribution is 2.29. The minimum atomic E-state index is 0.720. The molecule has 2 aliphatic rings. The normalized spacial score (nSPS) is 32.7. The quantitative estimate of drug-likeness (QED) is 0.835. The standard InChI is InChI=1S/C15H28N2S/c1-11(2)7-14-10-17-15(18-14)16-9-13-6-4-5-12(3)8-13/h11-14H,4-10H2,1-3H3,(H,16,17). The maximum Gasteiger partial charge on any atom is 0.156 e. The summed E-state index contributed by atoms with van der Waals surface area (Å²) in [4.78, 5) is 4.64. The van der Waals surface area contributed by atoms with Crippen molar-refractivity contribution in [2.75, 3.05) is 13.1 Å². The van der Waals surface area contributed by atoms with Gasteiger partial charge in [-0.1, -0.05) is 45.4 Å². The zero-order valence-corrected chi connectivity index (χ0v) is 12.9. The molecule has 2 rings (SSSR count). The van der Waals surface area contributed by atoms with Crippen LogP contribution in [0.5, 0.6) is 0 Å². The second-order valence-electron chi connectivity index (χ2n) is 6.53. The highest BCUT2D eigenvalue weighted by atomic mass is 32.2. The smallest absolute Gasteiger partial charge is 0.156 e. The number of hydrogen-bond donors (Lipinski definition) is 1. The molecular formula is C15H28N2S. The van der Waals surface area contributed by atoms with Gasteiger partial charge in [0.25, 0.3) is 0 Å². The average molecular weight is 268 g/mol. The second kappa shape index (κ2) is 6.83. The molecule has 1 aliphatic heterocycles. The molecule has 3 unspecified atom stereocenters. The monoisotopic (exact) mass is 268 g/mol. The van der Waals surface area contributed by atoms with E-state index in [2.05, 4.69) is 31.1 Å². The van der Waals surface area contributed by atoms with Crippen LogP contribution in [0, 0.1) is 17.8 Å². The van der Waals surface area contributed by atoms with Crippen molar-refractivity contribution in [1.29, 1.82) is 0 Å². The predicted octanol–water partition coefficient (Wildman–Crippen LogP) is 3.92. The molecule has 0 saturated heterocycles. The van der Waals surface area contributed by atoms with Crippen LogP contribution in [0.1, 0.15) is 52.9 Å². The Morgan fingerprint density at radius 3 is 2.94 bits per heavy atom. The predicted molar refractivity (Wildman–Crippen MR) is 82.3 cm³/mol. The Kier molecular flexibility index (Phi) is 5.40. The summed E-state index contributed by atoms with van der Waals surface area (Å²) in [5.74, 6) is 2.59. The van der Waals surface area contributed by atoms with Gasteiger partial charge in [0.1, 0.15) is 0 Å². The molecule has 18 heavy (non-hydrogen) atoms. The highest BCUT2D eigenvalue weighted by molar-refractivity contribution is 8.14. The van der Waals surface area contributed by atoms with Crippen LogP contribution in [0.15, 0.2) is 4.99 Å². The summed E-state index contributed by atoms with van der Waals surface area (Å²) in [5, 5.41) is 5.52. The topological polar surface area (TPSA) is 24.4 Å². The molecule has 3 heteroatoms. The zero-order valence-electron chi connectivity index (χ0n) is 12.1. The van der Waals surface area contributed by atoms with Crippen molar-refractivity contribution in [2.45, 2.75) is 58.1 Å². The fourth-order valence-corrected chi connectivity index (χ4v) is 4.40. The molecule has 2 nitrogen and oxygen atoms in total. The van der Waals surface area contributed by atoms with Gasteiger partial charge in [0.15, 0.2) is 5.17 Å². The minimum Gasteiger partial charge on any atom is -0.365 e. The second-order valence-corrected chi connectivity index (χ2v) is 7.82. The van der Waals surface area contributed by atoms with E-state index < -0.39 is 0 Å². The van der Waals surface area contributed by atoms with Crippen LogP contribution < -0.4 is 5.32 Å². The third-order valence-electron chi connectivity index (χ3n) is 4.04. The van der Waals surface area contributed by atoms with Crippen molar-refractivity contribution in [3.63, 3.8) is 0 Å². The zero-order chi connectivity index (χ0) is 13.0. The SMILES string of the molecule is CC(C)CC1CN=C(NCC2CCCC(C)C2)S1. The summed E-state index contributed by atoms with van der Waals surface area (Å²) in [6, 6.07) is 0. The number of rotatable bonds is 4. The van der Waals surface area contributed by atoms with Gasteiger partial charge in [-0.25, -0.2) is 0 Å². The van der Waals surface area contributed by atoms with Crippen molar-refractivity contribution >= 4 is 16.9 Å². The van der Waals surface area contributed by atoms with Gasteiger partial charge in [0, 0.05) is 11.8 Å². The Morgan fingerprint density at radius 1 is 1.39 bits per heavy atom. The highest BCUT2D eigenvalue weighted by Gasteiger charge is 2.22. The first-order valence-corrected chi connectivity index (χ1v) is 8.46. The molecule has 1 N–H and O–H groups in total. The molecule has 1 saturated carbocycles. The molecule has 1 fully saturated rings. The van der Waals surface area contributed by atoms with Gasteiger partial charge in [-0.05, 0) is 37.0 Å². The van der Waals surface area contributed by atoms with Crippen molar-refractivity contribution in [2.24, 2.45) is 22.7 Å². The van der Waals surface area contributed by atoms with Crippen molar-refractivity contribution < 1.29 is 0 Å².